The molecule has 1 aliphatic heterocycles. The van der Waals surface area contributed by atoms with Gasteiger partial charge in [0.15, 0.2) is 0 Å². The molecule has 0 spiro atoms. The molecule has 1 aromatic carbocycles. The first-order valence-corrected chi connectivity index (χ1v) is 8.55. The van der Waals surface area contributed by atoms with E-state index in [0.717, 1.165) is 17.7 Å². The number of hydrogen-bond donors (Lipinski definition) is 2. The Morgan fingerprint density at radius 2 is 2.06 bits per heavy atom. The van der Waals surface area contributed by atoms with Gasteiger partial charge in [-0.15, -0.1) is 0 Å². The number of sulfonamides is 1. The highest BCUT2D eigenvalue weighted by Crippen LogP contribution is 2.25. The summed E-state index contributed by atoms with van der Waals surface area (Å²) in [7, 11) is -3.38. The maximum atomic E-state index is 12.0. The topological polar surface area (TPSA) is 72.2 Å². The molecule has 1 aromatic rings. The van der Waals surface area contributed by atoms with Crippen molar-refractivity contribution in [3.05, 3.63) is 29.8 Å². The van der Waals surface area contributed by atoms with E-state index < -0.39 is 10.0 Å². The molecule has 0 saturated carbocycles. The molecule has 100 valence electrons. The highest BCUT2D eigenvalue weighted by atomic mass is 32.2. The Morgan fingerprint density at radius 1 is 1.33 bits per heavy atom. The van der Waals surface area contributed by atoms with E-state index in [1.54, 1.807) is 24.3 Å². The van der Waals surface area contributed by atoms with Crippen molar-refractivity contribution in [2.24, 2.45) is 5.73 Å². The van der Waals surface area contributed by atoms with Gasteiger partial charge in [0.25, 0.3) is 0 Å². The summed E-state index contributed by atoms with van der Waals surface area (Å²) in [6.45, 7) is 0.943. The van der Waals surface area contributed by atoms with E-state index in [9.17, 15) is 8.42 Å². The molecule has 1 unspecified atom stereocenters. The fraction of sp³-hybridized carbons (Fsp3) is 0.500. The van der Waals surface area contributed by atoms with Crippen LogP contribution in [0.4, 0.5) is 0 Å². The van der Waals surface area contributed by atoms with Gasteiger partial charge in [-0.1, -0.05) is 12.1 Å². The average molecular weight is 286 g/mol. The van der Waals surface area contributed by atoms with E-state index >= 15 is 0 Å². The molecule has 0 amide bonds. The number of nitrogens with one attached hydrogen (secondary N) is 1. The molecule has 1 heterocycles. The van der Waals surface area contributed by atoms with Crippen LogP contribution >= 0.6 is 11.8 Å². The van der Waals surface area contributed by atoms with Crippen LogP contribution < -0.4 is 10.5 Å². The quantitative estimate of drug-likeness (QED) is 0.856. The molecule has 2 rings (SSSR count). The highest BCUT2D eigenvalue weighted by Gasteiger charge is 2.19. The lowest BCUT2D eigenvalue weighted by atomic mass is 10.2. The van der Waals surface area contributed by atoms with Crippen molar-refractivity contribution in [2.75, 3.05) is 12.3 Å². The van der Waals surface area contributed by atoms with Crippen molar-refractivity contribution in [2.45, 2.75) is 29.5 Å². The van der Waals surface area contributed by atoms with Crippen LogP contribution in [-0.2, 0) is 16.6 Å². The van der Waals surface area contributed by atoms with Gasteiger partial charge in [0, 0.05) is 18.3 Å². The van der Waals surface area contributed by atoms with Gasteiger partial charge in [-0.3, -0.25) is 0 Å². The number of thioether (sulfide) groups is 1. The minimum absolute atomic E-state index is 0.308. The molecule has 18 heavy (non-hydrogen) atoms. The summed E-state index contributed by atoms with van der Waals surface area (Å²) in [5.41, 5.74) is 6.41. The minimum Gasteiger partial charge on any atom is -0.326 e. The van der Waals surface area contributed by atoms with Gasteiger partial charge in [-0.2, -0.15) is 11.8 Å². The number of rotatable bonds is 5. The maximum absolute atomic E-state index is 12.0. The van der Waals surface area contributed by atoms with Gasteiger partial charge in [-0.25, -0.2) is 13.1 Å². The van der Waals surface area contributed by atoms with Crippen LogP contribution in [-0.4, -0.2) is 26.0 Å². The van der Waals surface area contributed by atoms with E-state index in [-0.39, 0.29) is 0 Å². The fourth-order valence-electron chi connectivity index (χ4n) is 1.90. The molecule has 0 aliphatic carbocycles. The van der Waals surface area contributed by atoms with Crippen LogP contribution in [0.5, 0.6) is 0 Å². The summed E-state index contributed by atoms with van der Waals surface area (Å²) >= 11 is 1.84. The number of benzene rings is 1. The largest absolute Gasteiger partial charge is 0.326 e. The maximum Gasteiger partial charge on any atom is 0.240 e. The molecule has 1 aliphatic rings. The van der Waals surface area contributed by atoms with E-state index in [1.807, 2.05) is 11.8 Å². The lowest BCUT2D eigenvalue weighted by Crippen LogP contribution is -2.29. The van der Waals surface area contributed by atoms with Gasteiger partial charge in [0.1, 0.15) is 0 Å². The van der Waals surface area contributed by atoms with Crippen LogP contribution in [0.1, 0.15) is 18.4 Å². The SMILES string of the molecule is NCc1ccc(S(=O)(=O)NCC2CCCS2)cc1. The monoisotopic (exact) mass is 286 g/mol. The molecule has 1 fully saturated rings. The molecular weight excluding hydrogens is 268 g/mol. The number of hydrogen-bond acceptors (Lipinski definition) is 4. The van der Waals surface area contributed by atoms with Crippen molar-refractivity contribution in [1.29, 1.82) is 0 Å². The lowest BCUT2D eigenvalue weighted by molar-refractivity contribution is 0.579. The zero-order valence-corrected chi connectivity index (χ0v) is 11.8. The zero-order valence-electron chi connectivity index (χ0n) is 10.1. The van der Waals surface area contributed by atoms with E-state index in [4.69, 9.17) is 5.73 Å². The van der Waals surface area contributed by atoms with Gasteiger partial charge in [-0.05, 0) is 36.3 Å². The molecule has 6 heteroatoms. The standard InChI is InChI=1S/C12H18N2O2S2/c13-8-10-3-5-12(6-4-10)18(15,16)14-9-11-2-1-7-17-11/h3-6,11,14H,1-2,7-9,13H2. The first kappa shape index (κ1) is 13.9. The molecule has 4 nitrogen and oxygen atoms in total. The third-order valence-corrected chi connectivity index (χ3v) is 5.83. The van der Waals surface area contributed by atoms with Crippen molar-refractivity contribution in [3.8, 4) is 0 Å². The molecule has 0 bridgehead atoms. The summed E-state index contributed by atoms with van der Waals surface area (Å²) in [6, 6.07) is 6.70. The summed E-state index contributed by atoms with van der Waals surface area (Å²) < 4.78 is 26.7. The Hall–Kier alpha value is -0.560. The van der Waals surface area contributed by atoms with Gasteiger partial charge in [0.05, 0.1) is 4.90 Å². The van der Waals surface area contributed by atoms with Gasteiger partial charge >= 0.3 is 0 Å². The minimum atomic E-state index is -3.38. The normalized spacial score (nSPS) is 20.2. The molecular formula is C12H18N2O2S2. The van der Waals surface area contributed by atoms with Crippen LogP contribution in [0.2, 0.25) is 0 Å². The third kappa shape index (κ3) is 3.47. The Kier molecular flexibility index (Phi) is 4.66. The summed E-state index contributed by atoms with van der Waals surface area (Å²) in [6.07, 6.45) is 2.28. The second kappa shape index (κ2) is 6.06. The molecule has 1 atom stereocenters. The molecule has 3 N–H and O–H groups in total. The highest BCUT2D eigenvalue weighted by molar-refractivity contribution is 8.00. The molecule has 1 saturated heterocycles. The van der Waals surface area contributed by atoms with Gasteiger partial charge < -0.3 is 5.73 Å². The Bertz CT molecular complexity index is 479. The second-order valence-electron chi connectivity index (χ2n) is 4.34. The molecule has 0 aromatic heterocycles. The fourth-order valence-corrected chi connectivity index (χ4v) is 4.28. The average Bonchev–Trinajstić information content (AvgIpc) is 2.90. The second-order valence-corrected chi connectivity index (χ2v) is 7.51. The van der Waals surface area contributed by atoms with Crippen molar-refractivity contribution >= 4 is 21.8 Å². The van der Waals surface area contributed by atoms with Crippen LogP contribution in [0.3, 0.4) is 0 Å². The van der Waals surface area contributed by atoms with E-state index in [2.05, 4.69) is 4.72 Å². The summed E-state index contributed by atoms with van der Waals surface area (Å²) in [4.78, 5) is 0.308. The number of nitrogens with two attached hydrogens (primary N) is 1. The Labute approximate surface area is 112 Å². The van der Waals surface area contributed by atoms with Crippen molar-refractivity contribution in [1.82, 2.24) is 4.72 Å². The van der Waals surface area contributed by atoms with E-state index in [1.165, 1.54) is 6.42 Å². The Morgan fingerprint density at radius 3 is 2.61 bits per heavy atom. The first-order valence-electron chi connectivity index (χ1n) is 6.02. The van der Waals surface area contributed by atoms with Crippen LogP contribution in [0.15, 0.2) is 29.2 Å². The summed E-state index contributed by atoms with van der Waals surface area (Å²) in [5, 5.41) is 0.420. The zero-order chi connectivity index (χ0) is 13.0. The van der Waals surface area contributed by atoms with Crippen molar-refractivity contribution < 1.29 is 8.42 Å². The summed E-state index contributed by atoms with van der Waals surface area (Å²) in [5.74, 6) is 1.14. The van der Waals surface area contributed by atoms with Crippen LogP contribution in [0, 0.1) is 0 Å². The first-order chi connectivity index (χ1) is 8.62. The predicted molar refractivity (Wildman–Crippen MR) is 75.0 cm³/mol. The smallest absolute Gasteiger partial charge is 0.240 e. The Balaban J connectivity index is 2.00. The lowest BCUT2D eigenvalue weighted by Gasteiger charge is -2.11. The van der Waals surface area contributed by atoms with E-state index in [0.29, 0.717) is 23.2 Å². The molecule has 0 radical (unpaired) electrons. The van der Waals surface area contributed by atoms with Crippen LogP contribution in [0.25, 0.3) is 0 Å². The van der Waals surface area contributed by atoms with Crippen molar-refractivity contribution in [3.63, 3.8) is 0 Å². The van der Waals surface area contributed by atoms with Gasteiger partial charge in [0.2, 0.25) is 10.0 Å². The third-order valence-electron chi connectivity index (χ3n) is 2.99. The predicted octanol–water partition coefficient (Wildman–Crippen LogP) is 1.32.